The number of rotatable bonds is 1. The number of benzene rings is 1. The molecule has 0 spiro atoms. The van der Waals surface area contributed by atoms with Crippen LogP contribution in [0.5, 0.6) is 5.75 Å². The minimum Gasteiger partial charge on any atom is -0.507 e. The van der Waals surface area contributed by atoms with Gasteiger partial charge in [-0.25, -0.2) is 4.79 Å². The molecule has 0 radical (unpaired) electrons. The van der Waals surface area contributed by atoms with Gasteiger partial charge in [-0.1, -0.05) is 0 Å². The van der Waals surface area contributed by atoms with E-state index in [9.17, 15) is 9.90 Å². The molecule has 1 fully saturated rings. The van der Waals surface area contributed by atoms with E-state index in [0.717, 1.165) is 24.8 Å². The Bertz CT molecular complexity index is 628. The standard InChI is InChI=1S/C13H13NO4/c15-11-8-13(16)18-12-7-9(1-2-10(11)12)14-3-5-17-6-4-14/h1-2,7-8,15H,3-6H2. The van der Waals surface area contributed by atoms with Gasteiger partial charge in [-0.2, -0.15) is 0 Å². The largest absolute Gasteiger partial charge is 0.507 e. The third kappa shape index (κ3) is 1.93. The minimum atomic E-state index is -0.542. The summed E-state index contributed by atoms with van der Waals surface area (Å²) >= 11 is 0. The second-order valence-corrected chi connectivity index (χ2v) is 4.23. The fourth-order valence-corrected chi connectivity index (χ4v) is 2.15. The number of fused-ring (bicyclic) bond motifs is 1. The summed E-state index contributed by atoms with van der Waals surface area (Å²) in [5.74, 6) is -0.0465. The molecule has 1 N–H and O–H groups in total. The average molecular weight is 247 g/mol. The normalized spacial score (nSPS) is 16.1. The number of hydrogen-bond donors (Lipinski definition) is 1. The molecule has 2 heterocycles. The lowest BCUT2D eigenvalue weighted by atomic mass is 10.2. The predicted molar refractivity (Wildman–Crippen MR) is 67.2 cm³/mol. The highest BCUT2D eigenvalue weighted by Crippen LogP contribution is 2.27. The van der Waals surface area contributed by atoms with E-state index in [1.54, 1.807) is 12.1 Å². The van der Waals surface area contributed by atoms with Crippen molar-refractivity contribution in [3.05, 3.63) is 34.7 Å². The van der Waals surface area contributed by atoms with Crippen LogP contribution in [0.1, 0.15) is 0 Å². The first kappa shape index (κ1) is 11.1. The summed E-state index contributed by atoms with van der Waals surface area (Å²) in [6, 6.07) is 6.53. The second kappa shape index (κ2) is 4.34. The van der Waals surface area contributed by atoms with Crippen LogP contribution in [0.15, 0.2) is 33.5 Å². The Kier molecular flexibility index (Phi) is 2.68. The molecule has 1 saturated heterocycles. The molecule has 0 aliphatic carbocycles. The summed E-state index contributed by atoms with van der Waals surface area (Å²) in [4.78, 5) is 13.4. The van der Waals surface area contributed by atoms with Crippen molar-refractivity contribution in [2.45, 2.75) is 0 Å². The molecule has 2 aromatic rings. The van der Waals surface area contributed by atoms with Gasteiger partial charge in [0, 0.05) is 24.8 Å². The molecule has 0 bridgehead atoms. The van der Waals surface area contributed by atoms with Gasteiger partial charge in [0.15, 0.2) is 0 Å². The summed E-state index contributed by atoms with van der Waals surface area (Å²) in [6.45, 7) is 3.02. The molecule has 1 aromatic heterocycles. The quantitative estimate of drug-likeness (QED) is 0.770. The Hall–Kier alpha value is -2.01. The fraction of sp³-hybridized carbons (Fsp3) is 0.308. The fourth-order valence-electron chi connectivity index (χ4n) is 2.15. The van der Waals surface area contributed by atoms with Crippen molar-refractivity contribution in [3.63, 3.8) is 0 Å². The lowest BCUT2D eigenvalue weighted by Gasteiger charge is -2.28. The number of morpholine rings is 1. The third-order valence-corrected chi connectivity index (χ3v) is 3.08. The Balaban J connectivity index is 2.07. The molecule has 18 heavy (non-hydrogen) atoms. The number of anilines is 1. The molecule has 3 rings (SSSR count). The van der Waals surface area contributed by atoms with Crippen LogP contribution in [0.2, 0.25) is 0 Å². The summed E-state index contributed by atoms with van der Waals surface area (Å²) in [5, 5.41) is 10.2. The maximum Gasteiger partial charge on any atom is 0.339 e. The molecule has 0 atom stereocenters. The third-order valence-electron chi connectivity index (χ3n) is 3.08. The first-order chi connectivity index (χ1) is 8.74. The van der Waals surface area contributed by atoms with Gasteiger partial charge in [-0.3, -0.25) is 0 Å². The van der Waals surface area contributed by atoms with Gasteiger partial charge in [-0.05, 0) is 12.1 Å². The molecule has 1 aliphatic heterocycles. The molecule has 1 aliphatic rings. The second-order valence-electron chi connectivity index (χ2n) is 4.23. The Morgan fingerprint density at radius 2 is 1.94 bits per heavy atom. The Morgan fingerprint density at radius 3 is 2.72 bits per heavy atom. The minimum absolute atomic E-state index is 0.0465. The Morgan fingerprint density at radius 1 is 1.17 bits per heavy atom. The van der Waals surface area contributed by atoms with Crippen LogP contribution in [-0.2, 0) is 4.74 Å². The molecule has 0 unspecified atom stereocenters. The van der Waals surface area contributed by atoms with Gasteiger partial charge in [0.1, 0.15) is 11.3 Å². The highest BCUT2D eigenvalue weighted by atomic mass is 16.5. The summed E-state index contributed by atoms with van der Waals surface area (Å²) in [7, 11) is 0. The first-order valence-electron chi connectivity index (χ1n) is 5.83. The highest BCUT2D eigenvalue weighted by Gasteiger charge is 2.13. The highest BCUT2D eigenvalue weighted by molar-refractivity contribution is 5.85. The van der Waals surface area contributed by atoms with Gasteiger partial charge in [0.2, 0.25) is 0 Å². The lowest BCUT2D eigenvalue weighted by Crippen LogP contribution is -2.36. The van der Waals surface area contributed by atoms with E-state index < -0.39 is 5.63 Å². The van der Waals surface area contributed by atoms with Crippen LogP contribution >= 0.6 is 0 Å². The maximum absolute atomic E-state index is 11.2. The van der Waals surface area contributed by atoms with Gasteiger partial charge >= 0.3 is 5.63 Å². The molecule has 1 aromatic carbocycles. The van der Waals surface area contributed by atoms with Crippen molar-refractivity contribution < 1.29 is 14.3 Å². The van der Waals surface area contributed by atoms with Crippen LogP contribution in [0.25, 0.3) is 11.0 Å². The molecular formula is C13H13NO4. The summed E-state index contributed by atoms with van der Waals surface area (Å²) < 4.78 is 10.4. The van der Waals surface area contributed by atoms with Crippen molar-refractivity contribution >= 4 is 16.7 Å². The van der Waals surface area contributed by atoms with Gasteiger partial charge in [0.25, 0.3) is 0 Å². The zero-order valence-electron chi connectivity index (χ0n) is 9.76. The topological polar surface area (TPSA) is 62.9 Å². The van der Waals surface area contributed by atoms with Crippen LogP contribution in [0.4, 0.5) is 5.69 Å². The van der Waals surface area contributed by atoms with E-state index in [0.29, 0.717) is 24.2 Å². The van der Waals surface area contributed by atoms with Crippen LogP contribution in [0.3, 0.4) is 0 Å². The lowest BCUT2D eigenvalue weighted by molar-refractivity contribution is 0.122. The van der Waals surface area contributed by atoms with E-state index in [2.05, 4.69) is 4.90 Å². The van der Waals surface area contributed by atoms with Gasteiger partial charge in [-0.15, -0.1) is 0 Å². The van der Waals surface area contributed by atoms with Crippen molar-refractivity contribution in [1.82, 2.24) is 0 Å². The average Bonchev–Trinajstić information content (AvgIpc) is 2.39. The number of ether oxygens (including phenoxy) is 1. The molecule has 0 amide bonds. The molecular weight excluding hydrogens is 234 g/mol. The SMILES string of the molecule is O=c1cc(O)c2ccc(N3CCOCC3)cc2o1. The van der Waals surface area contributed by atoms with Crippen LogP contribution in [-0.4, -0.2) is 31.4 Å². The Labute approximate surface area is 103 Å². The van der Waals surface area contributed by atoms with Gasteiger partial charge in [0.05, 0.1) is 24.7 Å². The zero-order valence-corrected chi connectivity index (χ0v) is 9.76. The van der Waals surface area contributed by atoms with Crippen LogP contribution in [0, 0.1) is 0 Å². The predicted octanol–water partition coefficient (Wildman–Crippen LogP) is 1.34. The zero-order chi connectivity index (χ0) is 12.5. The molecule has 94 valence electrons. The van der Waals surface area contributed by atoms with E-state index in [4.69, 9.17) is 9.15 Å². The van der Waals surface area contributed by atoms with E-state index >= 15 is 0 Å². The van der Waals surface area contributed by atoms with E-state index in [-0.39, 0.29) is 5.75 Å². The van der Waals surface area contributed by atoms with Crippen molar-refractivity contribution in [2.75, 3.05) is 31.2 Å². The molecule has 5 nitrogen and oxygen atoms in total. The number of hydrogen-bond acceptors (Lipinski definition) is 5. The van der Waals surface area contributed by atoms with E-state index in [1.165, 1.54) is 0 Å². The first-order valence-corrected chi connectivity index (χ1v) is 5.83. The van der Waals surface area contributed by atoms with Gasteiger partial charge < -0.3 is 19.2 Å². The summed E-state index contributed by atoms with van der Waals surface area (Å²) in [6.07, 6.45) is 0. The number of aromatic hydroxyl groups is 1. The van der Waals surface area contributed by atoms with Crippen molar-refractivity contribution in [1.29, 1.82) is 0 Å². The van der Waals surface area contributed by atoms with E-state index in [1.807, 2.05) is 6.07 Å². The van der Waals surface area contributed by atoms with Crippen molar-refractivity contribution in [3.8, 4) is 5.75 Å². The maximum atomic E-state index is 11.2. The molecule has 5 heteroatoms. The van der Waals surface area contributed by atoms with Crippen LogP contribution < -0.4 is 10.5 Å². The smallest absolute Gasteiger partial charge is 0.339 e. The number of nitrogens with zero attached hydrogens (tertiary/aromatic N) is 1. The molecule has 0 saturated carbocycles. The van der Waals surface area contributed by atoms with Crippen molar-refractivity contribution in [2.24, 2.45) is 0 Å². The summed E-state index contributed by atoms with van der Waals surface area (Å²) in [5.41, 5.74) is 0.836. The monoisotopic (exact) mass is 247 g/mol.